The first-order chi connectivity index (χ1) is 32.7. The summed E-state index contributed by atoms with van der Waals surface area (Å²) in [6.07, 6.45) is 0. The van der Waals surface area contributed by atoms with E-state index >= 15 is 0 Å². The Hall–Kier alpha value is -8.02. The van der Waals surface area contributed by atoms with Gasteiger partial charge in [0.25, 0.3) is 0 Å². The minimum atomic E-state index is 1.09. The van der Waals surface area contributed by atoms with Gasteiger partial charge in [-0.15, -0.1) is 22.7 Å². The minimum absolute atomic E-state index is 1.09. The second kappa shape index (κ2) is 17.2. The van der Waals surface area contributed by atoms with E-state index in [0.29, 0.717) is 0 Å². The molecule has 0 bridgehead atoms. The first kappa shape index (κ1) is 39.6. The summed E-state index contributed by atoms with van der Waals surface area (Å²) in [6, 6.07) is 92.6. The summed E-state index contributed by atoms with van der Waals surface area (Å²) < 4.78 is 5.21. The molecule has 312 valence electrons. The van der Waals surface area contributed by atoms with Gasteiger partial charge in [-0.1, -0.05) is 158 Å². The molecule has 0 radical (unpaired) electrons. The second-order valence-electron chi connectivity index (χ2n) is 16.5. The van der Waals surface area contributed by atoms with Crippen LogP contribution in [0, 0.1) is 0 Å². The van der Waals surface area contributed by atoms with Crippen molar-refractivity contribution in [2.45, 2.75) is 0 Å². The van der Waals surface area contributed by atoms with Gasteiger partial charge < -0.3 is 9.80 Å². The van der Waals surface area contributed by atoms with E-state index in [4.69, 9.17) is 0 Å². The molecule has 0 spiro atoms. The Labute approximate surface area is 392 Å². The number of rotatable bonds is 10. The molecular formula is C62H42N2S2. The third-order valence-electron chi connectivity index (χ3n) is 12.5. The lowest BCUT2D eigenvalue weighted by molar-refractivity contribution is 1.29. The van der Waals surface area contributed by atoms with Gasteiger partial charge in [-0.2, -0.15) is 0 Å². The van der Waals surface area contributed by atoms with Crippen LogP contribution in [0.3, 0.4) is 0 Å². The van der Waals surface area contributed by atoms with E-state index < -0.39 is 0 Å². The van der Waals surface area contributed by atoms with Gasteiger partial charge in [0.2, 0.25) is 0 Å². The van der Waals surface area contributed by atoms with Crippen LogP contribution in [0.25, 0.3) is 51.5 Å². The Morgan fingerprint density at radius 3 is 0.909 bits per heavy atom. The van der Waals surface area contributed by atoms with Crippen LogP contribution >= 0.6 is 22.7 Å². The Kier molecular flexibility index (Phi) is 10.3. The summed E-state index contributed by atoms with van der Waals surface area (Å²) in [4.78, 5) is 4.74. The first-order valence-electron chi connectivity index (χ1n) is 22.3. The molecule has 2 nitrogen and oxygen atoms in total. The smallest absolute Gasteiger partial charge is 0.0468 e. The van der Waals surface area contributed by atoms with E-state index in [1.807, 2.05) is 22.7 Å². The number of benzene rings is 10. The quantitative estimate of drug-likeness (QED) is 0.126. The molecule has 0 aliphatic carbocycles. The van der Waals surface area contributed by atoms with Crippen molar-refractivity contribution in [2.24, 2.45) is 0 Å². The molecule has 4 heteroatoms. The average Bonchev–Trinajstić information content (AvgIpc) is 3.95. The van der Waals surface area contributed by atoms with Crippen molar-refractivity contribution in [1.82, 2.24) is 0 Å². The van der Waals surface area contributed by atoms with Crippen molar-refractivity contribution in [3.63, 3.8) is 0 Å². The van der Waals surface area contributed by atoms with Crippen LogP contribution in [0.5, 0.6) is 0 Å². The van der Waals surface area contributed by atoms with Crippen LogP contribution < -0.4 is 9.80 Å². The minimum Gasteiger partial charge on any atom is -0.310 e. The molecule has 0 saturated carbocycles. The SMILES string of the molecule is c1ccc(/C(=C(/c2ccccc2)c2ccc(N(c3ccccc3)c3ccc4sc5ccccc5c4c3)cc2)c2ccc(N(c3ccccc3)c3ccc4sc5ccccc5c4c3)cc2)cc1. The number of hydrogen-bond acceptors (Lipinski definition) is 4. The highest BCUT2D eigenvalue weighted by molar-refractivity contribution is 7.26. The third kappa shape index (κ3) is 7.33. The van der Waals surface area contributed by atoms with E-state index in [-0.39, 0.29) is 0 Å². The van der Waals surface area contributed by atoms with Gasteiger partial charge in [0.1, 0.15) is 0 Å². The Bertz CT molecular complexity index is 3420. The highest BCUT2D eigenvalue weighted by atomic mass is 32.1. The van der Waals surface area contributed by atoms with Crippen LogP contribution in [-0.4, -0.2) is 0 Å². The summed E-state index contributed by atoms with van der Waals surface area (Å²) in [5.74, 6) is 0. The maximum atomic E-state index is 2.37. The molecule has 0 fully saturated rings. The molecule has 0 saturated heterocycles. The number of hydrogen-bond donors (Lipinski definition) is 0. The number of fused-ring (bicyclic) bond motifs is 6. The predicted molar refractivity (Wildman–Crippen MR) is 286 cm³/mol. The zero-order chi connectivity index (χ0) is 43.8. The molecular weight excluding hydrogens is 837 g/mol. The summed E-state index contributed by atoms with van der Waals surface area (Å²) in [7, 11) is 0. The maximum Gasteiger partial charge on any atom is 0.0468 e. The van der Waals surface area contributed by atoms with E-state index in [1.54, 1.807) is 0 Å². The normalized spacial score (nSPS) is 11.9. The van der Waals surface area contributed by atoms with Crippen LogP contribution in [0.4, 0.5) is 34.1 Å². The zero-order valence-corrected chi connectivity index (χ0v) is 37.6. The van der Waals surface area contributed by atoms with Gasteiger partial charge in [0.15, 0.2) is 0 Å². The summed E-state index contributed by atoms with van der Waals surface area (Å²) in [5.41, 5.74) is 13.6. The van der Waals surface area contributed by atoms with Crippen LogP contribution in [0.1, 0.15) is 22.3 Å². The molecule has 0 amide bonds. The lowest BCUT2D eigenvalue weighted by Gasteiger charge is -2.27. The Balaban J connectivity index is 0.993. The number of nitrogens with zero attached hydrogens (tertiary/aromatic N) is 2. The Morgan fingerprint density at radius 2 is 0.515 bits per heavy atom. The highest BCUT2D eigenvalue weighted by Gasteiger charge is 2.21. The van der Waals surface area contributed by atoms with Crippen LogP contribution in [0.15, 0.2) is 255 Å². The Morgan fingerprint density at radius 1 is 0.227 bits per heavy atom. The lowest BCUT2D eigenvalue weighted by atomic mass is 9.85. The van der Waals surface area contributed by atoms with Crippen molar-refractivity contribution < 1.29 is 0 Å². The highest BCUT2D eigenvalue weighted by Crippen LogP contribution is 2.44. The fraction of sp³-hybridized carbons (Fsp3) is 0. The third-order valence-corrected chi connectivity index (χ3v) is 14.8. The van der Waals surface area contributed by atoms with Crippen molar-refractivity contribution in [1.29, 1.82) is 0 Å². The molecule has 0 atom stereocenters. The van der Waals surface area contributed by atoms with Crippen molar-refractivity contribution in [2.75, 3.05) is 9.80 Å². The first-order valence-corrected chi connectivity index (χ1v) is 24.0. The van der Waals surface area contributed by atoms with Crippen LogP contribution in [-0.2, 0) is 0 Å². The molecule has 2 aromatic heterocycles. The topological polar surface area (TPSA) is 6.48 Å². The molecule has 0 N–H and O–H groups in total. The second-order valence-corrected chi connectivity index (χ2v) is 18.6. The molecule has 0 aliphatic rings. The molecule has 2 heterocycles. The number of thiophene rings is 2. The van der Waals surface area contributed by atoms with Crippen molar-refractivity contribution in [3.05, 3.63) is 277 Å². The monoisotopic (exact) mass is 878 g/mol. The average molecular weight is 879 g/mol. The molecule has 10 aromatic carbocycles. The predicted octanol–water partition coefficient (Wildman–Crippen LogP) is 18.4. The largest absolute Gasteiger partial charge is 0.310 e. The molecule has 0 unspecified atom stereocenters. The lowest BCUT2D eigenvalue weighted by Crippen LogP contribution is -2.10. The summed E-state index contributed by atoms with van der Waals surface area (Å²) in [5, 5.41) is 5.15. The van der Waals surface area contributed by atoms with E-state index in [1.165, 1.54) is 51.5 Å². The zero-order valence-electron chi connectivity index (χ0n) is 36.0. The fourth-order valence-electron chi connectivity index (χ4n) is 9.43. The maximum absolute atomic E-state index is 2.37. The fourth-order valence-corrected chi connectivity index (χ4v) is 11.6. The summed E-state index contributed by atoms with van der Waals surface area (Å²) >= 11 is 3.70. The van der Waals surface area contributed by atoms with Crippen molar-refractivity contribution >= 4 is 108 Å². The van der Waals surface area contributed by atoms with Gasteiger partial charge in [-0.3, -0.25) is 0 Å². The summed E-state index contributed by atoms with van der Waals surface area (Å²) in [6.45, 7) is 0. The molecule has 12 aromatic rings. The van der Waals surface area contributed by atoms with Gasteiger partial charge in [0.05, 0.1) is 0 Å². The van der Waals surface area contributed by atoms with E-state index in [0.717, 1.165) is 56.4 Å². The van der Waals surface area contributed by atoms with Gasteiger partial charge >= 0.3 is 0 Å². The molecule has 0 aliphatic heterocycles. The van der Waals surface area contributed by atoms with Crippen molar-refractivity contribution in [3.8, 4) is 0 Å². The molecule has 66 heavy (non-hydrogen) atoms. The number of para-hydroxylation sites is 2. The van der Waals surface area contributed by atoms with E-state index in [9.17, 15) is 0 Å². The van der Waals surface area contributed by atoms with Gasteiger partial charge in [-0.25, -0.2) is 0 Å². The van der Waals surface area contributed by atoms with Gasteiger partial charge in [-0.05, 0) is 130 Å². The van der Waals surface area contributed by atoms with E-state index in [2.05, 4.69) is 265 Å². The molecule has 12 rings (SSSR count). The number of anilines is 6. The van der Waals surface area contributed by atoms with Gasteiger partial charge in [0, 0.05) is 74.5 Å². The standard InChI is InChI=1S/C62H42N2S2/c1-5-17-43(18-6-1)61(45-29-33-49(34-30-45)63(47-21-9-3-10-22-47)51-37-39-59-55(41-51)53-25-13-15-27-57(53)65-59)62(44-19-7-2-8-20-44)46-31-35-50(36-32-46)64(48-23-11-4-12-24-48)52-38-40-60-56(42-52)54-26-14-16-28-58(54)66-60/h1-42H/b62-61+. The van der Waals surface area contributed by atoms with Crippen LogP contribution in [0.2, 0.25) is 0 Å².